The van der Waals surface area contributed by atoms with Gasteiger partial charge in [-0.1, -0.05) is 12.2 Å². The molecule has 1 aliphatic rings. The Morgan fingerprint density at radius 3 is 2.25 bits per heavy atom. The first-order valence-electron chi connectivity index (χ1n) is 6.72. The number of carboxylic acids is 2. The number of rotatable bonds is 6. The van der Waals surface area contributed by atoms with Gasteiger partial charge in [0.25, 0.3) is 0 Å². The molecule has 0 aliphatic heterocycles. The lowest BCUT2D eigenvalue weighted by Crippen LogP contribution is -2.66. The van der Waals surface area contributed by atoms with Crippen LogP contribution in [0.15, 0.2) is 12.2 Å². The quantitative estimate of drug-likeness (QED) is 0.494. The van der Waals surface area contributed by atoms with Crippen LogP contribution >= 0.6 is 0 Å². The van der Waals surface area contributed by atoms with Crippen LogP contribution in [0.5, 0.6) is 0 Å². The topological polar surface area (TPSA) is 94.8 Å². The van der Waals surface area contributed by atoms with E-state index in [1.807, 2.05) is 12.2 Å². The van der Waals surface area contributed by atoms with Crippen LogP contribution in [0.1, 0.15) is 25.7 Å². The number of carboxylic acid groups (broad SMARTS) is 2. The minimum atomic E-state index is -2.26. The minimum Gasteiger partial charge on any atom is -0.481 e. The molecule has 20 heavy (non-hydrogen) atoms. The number of aliphatic carboxylic acids is 2. The largest absolute Gasteiger partial charge is 0.481 e. The van der Waals surface area contributed by atoms with Gasteiger partial charge in [0.15, 0.2) is 0 Å². The van der Waals surface area contributed by atoms with E-state index in [9.17, 15) is 19.8 Å². The Morgan fingerprint density at radius 1 is 1.30 bits per heavy atom. The van der Waals surface area contributed by atoms with Crippen molar-refractivity contribution < 1.29 is 29.4 Å². The van der Waals surface area contributed by atoms with Gasteiger partial charge in [0.1, 0.15) is 6.04 Å². The van der Waals surface area contributed by atoms with Crippen molar-refractivity contribution in [2.24, 2.45) is 5.92 Å². The Labute approximate surface area is 118 Å². The number of hydrogen-bond donors (Lipinski definition) is 3. The van der Waals surface area contributed by atoms with Crippen molar-refractivity contribution in [3.8, 4) is 0 Å². The third kappa shape index (κ3) is 3.58. The van der Waals surface area contributed by atoms with Crippen LogP contribution in [0.25, 0.3) is 0 Å². The Bertz CT molecular complexity index is 412. The summed E-state index contributed by atoms with van der Waals surface area (Å²) in [6, 6.07) is -0.680. The van der Waals surface area contributed by atoms with Gasteiger partial charge in [-0.2, -0.15) is 0 Å². The molecule has 0 spiro atoms. The number of carbonyl (C=O) groups is 2. The number of quaternary nitrogens is 1. The standard InChI is InChI=1S/C14H23NO5/c1-15(2,3)12(10-7-5-4-6-8-10)14(20,13(18)19)9-11(16)17/h4-5,10,12,20H,6-9H2,1-3H3,(H-,16,17,18,19)/p+1. The molecule has 0 aromatic rings. The molecule has 0 fully saturated rings. The smallest absolute Gasteiger partial charge is 0.342 e. The first kappa shape index (κ1) is 16.7. The summed E-state index contributed by atoms with van der Waals surface area (Å²) >= 11 is 0. The molecule has 0 saturated heterocycles. The number of aliphatic hydroxyl groups is 1. The van der Waals surface area contributed by atoms with Crippen molar-refractivity contribution in [1.82, 2.24) is 0 Å². The van der Waals surface area contributed by atoms with E-state index in [-0.39, 0.29) is 10.4 Å². The lowest BCUT2D eigenvalue weighted by Gasteiger charge is -2.45. The summed E-state index contributed by atoms with van der Waals surface area (Å²) in [7, 11) is 5.37. The zero-order chi connectivity index (χ0) is 15.6. The summed E-state index contributed by atoms with van der Waals surface area (Å²) in [5, 5.41) is 29.0. The van der Waals surface area contributed by atoms with E-state index < -0.39 is 30.0 Å². The molecule has 1 aliphatic carbocycles. The predicted octanol–water partition coefficient (Wildman–Crippen LogP) is 0.708. The van der Waals surface area contributed by atoms with Crippen LogP contribution in [0, 0.1) is 5.92 Å². The molecule has 0 amide bonds. The maximum Gasteiger partial charge on any atom is 0.342 e. The summed E-state index contributed by atoms with van der Waals surface area (Å²) in [6.07, 6.45) is 5.45. The molecule has 114 valence electrons. The van der Waals surface area contributed by atoms with Crippen LogP contribution in [-0.2, 0) is 9.59 Å². The van der Waals surface area contributed by atoms with E-state index in [0.717, 1.165) is 12.8 Å². The Kier molecular flexibility index (Phi) is 4.94. The lowest BCUT2D eigenvalue weighted by molar-refractivity contribution is -0.906. The lowest BCUT2D eigenvalue weighted by atomic mass is 9.75. The highest BCUT2D eigenvalue weighted by Crippen LogP contribution is 2.35. The summed E-state index contributed by atoms with van der Waals surface area (Å²) in [4.78, 5) is 22.5. The van der Waals surface area contributed by atoms with Gasteiger partial charge in [0.2, 0.25) is 5.60 Å². The molecule has 3 atom stereocenters. The van der Waals surface area contributed by atoms with Gasteiger partial charge in [0.05, 0.1) is 27.6 Å². The minimum absolute atomic E-state index is 0.0551. The van der Waals surface area contributed by atoms with Crippen molar-refractivity contribution in [2.75, 3.05) is 21.1 Å². The van der Waals surface area contributed by atoms with Crippen molar-refractivity contribution in [1.29, 1.82) is 0 Å². The van der Waals surface area contributed by atoms with Gasteiger partial charge in [0, 0.05) is 5.92 Å². The van der Waals surface area contributed by atoms with E-state index in [4.69, 9.17) is 5.11 Å². The van der Waals surface area contributed by atoms with E-state index in [0.29, 0.717) is 6.42 Å². The Balaban J connectivity index is 3.21. The molecule has 0 saturated carbocycles. The van der Waals surface area contributed by atoms with Crippen LogP contribution < -0.4 is 0 Å². The second-order valence-electron chi connectivity index (χ2n) is 6.41. The molecule has 1 rings (SSSR count). The van der Waals surface area contributed by atoms with Gasteiger partial charge in [-0.3, -0.25) is 4.79 Å². The molecule has 0 heterocycles. The molecular weight excluding hydrogens is 262 g/mol. The summed E-state index contributed by atoms with van der Waals surface area (Å²) in [5.41, 5.74) is -2.26. The number of likely N-dealkylation sites (N-methyl/N-ethyl adjacent to an activating group) is 1. The Hall–Kier alpha value is -1.40. The fraction of sp³-hybridized carbons (Fsp3) is 0.714. The van der Waals surface area contributed by atoms with Crippen LogP contribution in [-0.4, -0.2) is 64.5 Å². The SMILES string of the molecule is C[N+](C)(C)C(C1CC=CCC1)C(O)(CC(=O)O)C(=O)O. The second kappa shape index (κ2) is 5.93. The zero-order valence-corrected chi connectivity index (χ0v) is 12.2. The average Bonchev–Trinajstić information content (AvgIpc) is 2.27. The van der Waals surface area contributed by atoms with E-state index in [1.54, 1.807) is 21.1 Å². The van der Waals surface area contributed by atoms with Gasteiger partial charge < -0.3 is 19.8 Å². The van der Waals surface area contributed by atoms with Crippen LogP contribution in [0.2, 0.25) is 0 Å². The molecule has 3 unspecified atom stereocenters. The molecule has 0 bridgehead atoms. The van der Waals surface area contributed by atoms with Crippen LogP contribution in [0.3, 0.4) is 0 Å². The molecule has 0 radical (unpaired) electrons. The highest BCUT2D eigenvalue weighted by Gasteiger charge is 2.55. The maximum absolute atomic E-state index is 11.5. The molecule has 0 aromatic carbocycles. The van der Waals surface area contributed by atoms with Gasteiger partial charge in [-0.25, -0.2) is 4.79 Å². The first-order valence-corrected chi connectivity index (χ1v) is 6.72. The predicted molar refractivity (Wildman–Crippen MR) is 73.1 cm³/mol. The fourth-order valence-corrected chi connectivity index (χ4v) is 3.30. The monoisotopic (exact) mass is 286 g/mol. The van der Waals surface area contributed by atoms with E-state index in [2.05, 4.69) is 0 Å². The summed E-state index contributed by atoms with van der Waals surface area (Å²) in [5.74, 6) is -2.83. The average molecular weight is 286 g/mol. The molecule has 3 N–H and O–H groups in total. The zero-order valence-electron chi connectivity index (χ0n) is 12.2. The maximum atomic E-state index is 11.5. The van der Waals surface area contributed by atoms with Crippen molar-refractivity contribution in [3.05, 3.63) is 12.2 Å². The highest BCUT2D eigenvalue weighted by molar-refractivity contribution is 5.84. The molecule has 6 heteroatoms. The summed E-state index contributed by atoms with van der Waals surface area (Å²) in [6.45, 7) is 0. The second-order valence-corrected chi connectivity index (χ2v) is 6.41. The van der Waals surface area contributed by atoms with Crippen LogP contribution in [0.4, 0.5) is 0 Å². The number of hydrogen-bond acceptors (Lipinski definition) is 3. The number of nitrogens with zero attached hydrogens (tertiary/aromatic N) is 1. The van der Waals surface area contributed by atoms with Crippen molar-refractivity contribution >= 4 is 11.9 Å². The molecule has 0 aromatic heterocycles. The first-order chi connectivity index (χ1) is 9.09. The highest BCUT2D eigenvalue weighted by atomic mass is 16.4. The number of allylic oxidation sites excluding steroid dienone is 2. The van der Waals surface area contributed by atoms with Gasteiger partial charge in [-0.15, -0.1) is 0 Å². The molecular formula is C14H24NO5+. The van der Waals surface area contributed by atoms with Gasteiger partial charge >= 0.3 is 11.9 Å². The van der Waals surface area contributed by atoms with Gasteiger partial charge in [-0.05, 0) is 19.3 Å². The van der Waals surface area contributed by atoms with E-state index >= 15 is 0 Å². The third-order valence-corrected chi connectivity index (χ3v) is 3.87. The Morgan fingerprint density at radius 2 is 1.90 bits per heavy atom. The van der Waals surface area contributed by atoms with Crippen molar-refractivity contribution in [2.45, 2.75) is 37.3 Å². The normalized spacial score (nSPS) is 23.9. The van der Waals surface area contributed by atoms with Crippen molar-refractivity contribution in [3.63, 3.8) is 0 Å². The fourth-order valence-electron chi connectivity index (χ4n) is 3.30. The molecule has 6 nitrogen and oxygen atoms in total. The third-order valence-electron chi connectivity index (χ3n) is 3.87. The summed E-state index contributed by atoms with van der Waals surface area (Å²) < 4.78 is 0.203. The van der Waals surface area contributed by atoms with E-state index in [1.165, 1.54) is 0 Å².